The molecular weight excluding hydrogens is 499 g/mol. The van der Waals surface area contributed by atoms with E-state index in [1.807, 2.05) is 0 Å². The highest BCUT2D eigenvalue weighted by molar-refractivity contribution is 7.92. The van der Waals surface area contributed by atoms with Crippen molar-refractivity contribution in [2.24, 2.45) is 0 Å². The van der Waals surface area contributed by atoms with Gasteiger partial charge < -0.3 is 10.4 Å². The van der Waals surface area contributed by atoms with Crippen molar-refractivity contribution in [3.8, 4) is 5.75 Å². The van der Waals surface area contributed by atoms with Gasteiger partial charge in [0, 0.05) is 11.6 Å². The summed E-state index contributed by atoms with van der Waals surface area (Å²) in [5.41, 5.74) is -0.00355. The third-order valence-electron chi connectivity index (χ3n) is 5.86. The van der Waals surface area contributed by atoms with Gasteiger partial charge in [0.1, 0.15) is 17.4 Å². The van der Waals surface area contributed by atoms with Gasteiger partial charge in [-0.2, -0.15) is 0 Å². The number of aromatic nitrogens is 2. The number of anilines is 1. The van der Waals surface area contributed by atoms with Crippen molar-refractivity contribution in [3.05, 3.63) is 58.6 Å². The van der Waals surface area contributed by atoms with E-state index < -0.39 is 45.3 Å². The Labute approximate surface area is 206 Å². The number of rotatable bonds is 5. The first-order valence-electron chi connectivity index (χ1n) is 10.8. The molecule has 3 heterocycles. The zero-order chi connectivity index (χ0) is 25.5. The molecule has 9 nitrogen and oxygen atoms in total. The van der Waals surface area contributed by atoms with E-state index in [1.54, 1.807) is 6.92 Å². The molecule has 1 aliphatic rings. The van der Waals surface area contributed by atoms with Gasteiger partial charge in [0.05, 0.1) is 16.8 Å². The zero-order valence-corrected chi connectivity index (χ0v) is 20.4. The molecule has 1 aromatic carbocycles. The van der Waals surface area contributed by atoms with Crippen LogP contribution in [0.15, 0.2) is 36.5 Å². The SMILES string of the molecule is CC(=O)C1CCCS(=O)(=O)N1c1nc(C(=O)NC(C)c2ccc(F)c(Cl)c2)c(O)c2ncccc12. The van der Waals surface area contributed by atoms with E-state index >= 15 is 0 Å². The van der Waals surface area contributed by atoms with Gasteiger partial charge in [-0.3, -0.25) is 14.6 Å². The molecule has 2 N–H and O–H groups in total. The molecule has 0 radical (unpaired) electrons. The van der Waals surface area contributed by atoms with Crippen molar-refractivity contribution in [1.29, 1.82) is 0 Å². The van der Waals surface area contributed by atoms with Crippen molar-refractivity contribution < 1.29 is 27.5 Å². The predicted molar refractivity (Wildman–Crippen MR) is 128 cm³/mol. The lowest BCUT2D eigenvalue weighted by atomic mass is 10.1. The summed E-state index contributed by atoms with van der Waals surface area (Å²) in [7, 11) is -3.93. The van der Waals surface area contributed by atoms with Crippen LogP contribution in [0.4, 0.5) is 10.2 Å². The smallest absolute Gasteiger partial charge is 0.274 e. The Morgan fingerprint density at radius 2 is 2.06 bits per heavy atom. The summed E-state index contributed by atoms with van der Waals surface area (Å²) in [5.74, 6) is -2.69. The summed E-state index contributed by atoms with van der Waals surface area (Å²) in [6.45, 7) is 2.92. The van der Waals surface area contributed by atoms with E-state index in [-0.39, 0.29) is 33.3 Å². The summed E-state index contributed by atoms with van der Waals surface area (Å²) >= 11 is 5.84. The fourth-order valence-corrected chi connectivity index (χ4v) is 6.04. The second-order valence-electron chi connectivity index (χ2n) is 8.28. The fourth-order valence-electron chi connectivity index (χ4n) is 4.08. The maximum atomic E-state index is 13.5. The van der Waals surface area contributed by atoms with E-state index in [1.165, 1.54) is 37.4 Å². The first-order valence-corrected chi connectivity index (χ1v) is 12.8. The lowest BCUT2D eigenvalue weighted by molar-refractivity contribution is -0.118. The number of nitrogens with zero attached hydrogens (tertiary/aromatic N) is 3. The van der Waals surface area contributed by atoms with Crippen LogP contribution in [0.25, 0.3) is 10.9 Å². The molecule has 0 bridgehead atoms. The van der Waals surface area contributed by atoms with E-state index in [0.29, 0.717) is 18.4 Å². The summed E-state index contributed by atoms with van der Waals surface area (Å²) in [4.78, 5) is 33.8. The molecule has 2 aromatic heterocycles. The van der Waals surface area contributed by atoms with Crippen LogP contribution in [0, 0.1) is 5.82 Å². The maximum absolute atomic E-state index is 13.5. The van der Waals surface area contributed by atoms with Crippen molar-refractivity contribution >= 4 is 50.0 Å². The van der Waals surface area contributed by atoms with Crippen LogP contribution >= 0.6 is 11.6 Å². The number of aromatic hydroxyl groups is 1. The van der Waals surface area contributed by atoms with Gasteiger partial charge in [0.15, 0.2) is 23.0 Å². The Kier molecular flexibility index (Phi) is 6.65. The van der Waals surface area contributed by atoms with E-state index in [4.69, 9.17) is 11.6 Å². The minimum Gasteiger partial charge on any atom is -0.504 e. The van der Waals surface area contributed by atoms with Crippen LogP contribution < -0.4 is 9.62 Å². The number of Topliss-reactive ketones (excluding diaryl/α,β-unsaturated/α-hetero) is 1. The molecule has 1 amide bonds. The number of benzene rings is 1. The van der Waals surface area contributed by atoms with Gasteiger partial charge in [-0.25, -0.2) is 22.1 Å². The van der Waals surface area contributed by atoms with Crippen LogP contribution in [0.3, 0.4) is 0 Å². The number of fused-ring (bicyclic) bond motifs is 1. The van der Waals surface area contributed by atoms with E-state index in [9.17, 15) is 27.5 Å². The molecule has 12 heteroatoms. The number of amides is 1. The zero-order valence-electron chi connectivity index (χ0n) is 18.8. The molecule has 4 rings (SSSR count). The molecule has 2 unspecified atom stereocenters. The number of carbonyl (C=O) groups is 2. The Morgan fingerprint density at radius 1 is 1.31 bits per heavy atom. The molecule has 1 saturated heterocycles. The molecule has 35 heavy (non-hydrogen) atoms. The Bertz CT molecular complexity index is 1450. The second-order valence-corrected chi connectivity index (χ2v) is 10.7. The van der Waals surface area contributed by atoms with Gasteiger partial charge in [-0.1, -0.05) is 17.7 Å². The third-order valence-corrected chi connectivity index (χ3v) is 7.98. The predicted octanol–water partition coefficient (Wildman–Crippen LogP) is 3.51. The first kappa shape index (κ1) is 24.8. The summed E-state index contributed by atoms with van der Waals surface area (Å²) in [6, 6.07) is 5.36. The Balaban J connectivity index is 1.82. The highest BCUT2D eigenvalue weighted by atomic mass is 35.5. The van der Waals surface area contributed by atoms with Crippen LogP contribution in [-0.4, -0.2) is 47.0 Å². The van der Waals surface area contributed by atoms with Crippen molar-refractivity contribution in [3.63, 3.8) is 0 Å². The number of hydrogen-bond donors (Lipinski definition) is 2. The monoisotopic (exact) mass is 520 g/mol. The quantitative estimate of drug-likeness (QED) is 0.526. The number of pyridine rings is 2. The first-order chi connectivity index (χ1) is 16.5. The van der Waals surface area contributed by atoms with Crippen molar-refractivity contribution in [2.75, 3.05) is 10.1 Å². The molecule has 0 saturated carbocycles. The highest BCUT2D eigenvalue weighted by Crippen LogP contribution is 2.37. The molecule has 1 aliphatic heterocycles. The third kappa shape index (κ3) is 4.65. The lowest BCUT2D eigenvalue weighted by Crippen LogP contribution is -2.49. The van der Waals surface area contributed by atoms with Gasteiger partial charge in [0.25, 0.3) is 5.91 Å². The average molecular weight is 521 g/mol. The molecule has 3 aromatic rings. The van der Waals surface area contributed by atoms with Gasteiger partial charge >= 0.3 is 0 Å². The molecule has 0 spiro atoms. The Morgan fingerprint density at radius 3 is 2.74 bits per heavy atom. The van der Waals surface area contributed by atoms with E-state index in [2.05, 4.69) is 15.3 Å². The van der Waals surface area contributed by atoms with Crippen LogP contribution in [0.1, 0.15) is 48.8 Å². The van der Waals surface area contributed by atoms with E-state index in [0.717, 1.165) is 10.4 Å². The molecule has 1 fully saturated rings. The van der Waals surface area contributed by atoms with Crippen molar-refractivity contribution in [2.45, 2.75) is 38.8 Å². The summed E-state index contributed by atoms with van der Waals surface area (Å²) < 4.78 is 40.5. The number of halogens is 2. The largest absolute Gasteiger partial charge is 0.504 e. The van der Waals surface area contributed by atoms with Gasteiger partial charge in [-0.15, -0.1) is 0 Å². The maximum Gasteiger partial charge on any atom is 0.274 e. The molecular formula is C23H22ClFN4O5S. The molecule has 184 valence electrons. The normalized spacial score (nSPS) is 18.3. The minimum atomic E-state index is -3.93. The topological polar surface area (TPSA) is 130 Å². The standard InChI is InChI=1S/C23H22ClFN4O5S/c1-12(14-7-8-17(25)16(24)11-14)27-23(32)20-21(31)19-15(5-3-9-26-19)22(28-20)29-18(13(2)30)6-4-10-35(29,33)34/h3,5,7-9,11-12,18,31H,4,6,10H2,1-2H3,(H,27,32). The Hall–Kier alpha value is -3.31. The van der Waals surface area contributed by atoms with Gasteiger partial charge in [0.2, 0.25) is 10.0 Å². The average Bonchev–Trinajstić information content (AvgIpc) is 2.80. The van der Waals surface area contributed by atoms with Crippen LogP contribution in [0.2, 0.25) is 5.02 Å². The van der Waals surface area contributed by atoms with Crippen LogP contribution in [0.5, 0.6) is 5.75 Å². The minimum absolute atomic E-state index is 0.0387. The number of nitrogens with one attached hydrogen (secondary N) is 1. The highest BCUT2D eigenvalue weighted by Gasteiger charge is 2.39. The number of ketones is 1. The van der Waals surface area contributed by atoms with Crippen LogP contribution in [-0.2, 0) is 14.8 Å². The lowest BCUT2D eigenvalue weighted by Gasteiger charge is -2.34. The molecule has 0 aliphatic carbocycles. The second kappa shape index (κ2) is 9.38. The number of sulfonamides is 1. The summed E-state index contributed by atoms with van der Waals surface area (Å²) in [6.07, 6.45) is 1.98. The fraction of sp³-hybridized carbons (Fsp3) is 0.304. The van der Waals surface area contributed by atoms with Gasteiger partial charge in [-0.05, 0) is 56.5 Å². The molecule has 2 atom stereocenters. The summed E-state index contributed by atoms with van der Waals surface area (Å²) in [5, 5.41) is 13.5. The van der Waals surface area contributed by atoms with Crippen molar-refractivity contribution in [1.82, 2.24) is 15.3 Å². The number of carbonyl (C=O) groups excluding carboxylic acids is 2. The number of hydrogen-bond acceptors (Lipinski definition) is 7.